The maximum Gasteiger partial charge on any atom is 0.267 e. The van der Waals surface area contributed by atoms with Gasteiger partial charge in [0.2, 0.25) is 5.91 Å². The highest BCUT2D eigenvalue weighted by molar-refractivity contribution is 7.99. The Bertz CT molecular complexity index is 1580. The van der Waals surface area contributed by atoms with Crippen molar-refractivity contribution < 1.29 is 9.59 Å². The first-order valence-corrected chi connectivity index (χ1v) is 14.2. The number of nitrogens with zero attached hydrogens (tertiary/aromatic N) is 2. The zero-order valence-corrected chi connectivity index (χ0v) is 23.0. The average molecular weight is 532 g/mol. The van der Waals surface area contributed by atoms with Crippen LogP contribution in [0.5, 0.6) is 0 Å². The van der Waals surface area contributed by atoms with Crippen molar-refractivity contribution in [2.75, 3.05) is 11.1 Å². The summed E-state index contributed by atoms with van der Waals surface area (Å²) in [6.45, 7) is 7.75. The smallest absolute Gasteiger partial charge is 0.267 e. The summed E-state index contributed by atoms with van der Waals surface area (Å²) >= 11 is 2.88. The number of nitrogens with one attached hydrogen (secondary N) is 1. The van der Waals surface area contributed by atoms with Gasteiger partial charge in [0.1, 0.15) is 4.83 Å². The van der Waals surface area contributed by atoms with Crippen molar-refractivity contribution in [1.29, 1.82) is 0 Å². The molecule has 0 radical (unpaired) electrons. The second kappa shape index (κ2) is 10.3. The first-order chi connectivity index (χ1) is 17.7. The van der Waals surface area contributed by atoms with Crippen LogP contribution in [0.1, 0.15) is 52.2 Å². The summed E-state index contributed by atoms with van der Waals surface area (Å²) in [5.74, 6) is 0.467. The van der Waals surface area contributed by atoms with Crippen molar-refractivity contribution >= 4 is 50.7 Å². The molecule has 1 atom stereocenters. The van der Waals surface area contributed by atoms with Crippen molar-refractivity contribution in [3.8, 4) is 5.69 Å². The highest BCUT2D eigenvalue weighted by Gasteiger charge is 2.26. The van der Waals surface area contributed by atoms with Gasteiger partial charge in [0.15, 0.2) is 10.9 Å². The molecule has 37 heavy (non-hydrogen) atoms. The fourth-order valence-corrected chi connectivity index (χ4v) is 6.99. The van der Waals surface area contributed by atoms with Gasteiger partial charge in [0.25, 0.3) is 5.56 Å². The molecule has 1 aliphatic carbocycles. The molecular formula is C29H29N3O3S2. The summed E-state index contributed by atoms with van der Waals surface area (Å²) in [6.07, 6.45) is 2.95. The van der Waals surface area contributed by atoms with Crippen LogP contribution in [0.15, 0.2) is 52.4 Å². The number of thiophene rings is 1. The lowest BCUT2D eigenvalue weighted by Gasteiger charge is -2.18. The van der Waals surface area contributed by atoms with Crippen molar-refractivity contribution in [2.45, 2.75) is 52.1 Å². The van der Waals surface area contributed by atoms with E-state index in [1.54, 1.807) is 40.2 Å². The fourth-order valence-electron chi connectivity index (χ4n) is 4.76. The predicted octanol–water partition coefficient (Wildman–Crippen LogP) is 6.12. The minimum absolute atomic E-state index is 0.0240. The fraction of sp³-hybridized carbons (Fsp3) is 0.310. The first-order valence-electron chi connectivity index (χ1n) is 12.4. The largest absolute Gasteiger partial charge is 0.325 e. The minimum Gasteiger partial charge on any atom is -0.325 e. The van der Waals surface area contributed by atoms with Crippen molar-refractivity contribution in [2.24, 2.45) is 5.92 Å². The Morgan fingerprint density at radius 2 is 1.92 bits per heavy atom. The van der Waals surface area contributed by atoms with Crippen molar-refractivity contribution in [3.05, 3.63) is 79.9 Å². The zero-order chi connectivity index (χ0) is 26.3. The van der Waals surface area contributed by atoms with E-state index in [2.05, 4.69) is 12.2 Å². The number of carbonyl (C=O) groups excluding carboxylic acids is 2. The van der Waals surface area contributed by atoms with Gasteiger partial charge in [0, 0.05) is 16.1 Å². The Hall–Kier alpha value is -3.23. The third-order valence-electron chi connectivity index (χ3n) is 6.81. The molecule has 2 aromatic heterocycles. The summed E-state index contributed by atoms with van der Waals surface area (Å²) in [5.41, 5.74) is 5.12. The lowest BCUT2D eigenvalue weighted by molar-refractivity contribution is -0.113. The van der Waals surface area contributed by atoms with Gasteiger partial charge in [-0.2, -0.15) is 0 Å². The van der Waals surface area contributed by atoms with E-state index in [0.717, 1.165) is 51.9 Å². The summed E-state index contributed by atoms with van der Waals surface area (Å²) in [4.78, 5) is 45.3. The molecule has 0 aliphatic heterocycles. The van der Waals surface area contributed by atoms with E-state index in [-0.39, 0.29) is 23.0 Å². The van der Waals surface area contributed by atoms with Gasteiger partial charge >= 0.3 is 0 Å². The molecule has 5 rings (SSSR count). The second-order valence-electron chi connectivity index (χ2n) is 9.83. The van der Waals surface area contributed by atoms with Crippen LogP contribution in [0.3, 0.4) is 0 Å². The van der Waals surface area contributed by atoms with Crippen LogP contribution in [0.4, 0.5) is 5.69 Å². The van der Waals surface area contributed by atoms with Gasteiger partial charge < -0.3 is 5.32 Å². The third kappa shape index (κ3) is 5.13. The molecule has 0 saturated heterocycles. The third-order valence-corrected chi connectivity index (χ3v) is 8.90. The molecule has 1 amide bonds. The SMILES string of the molecule is CC(=O)c1ccc(NC(=O)CSc2nc3sc4c(c3c(=O)n2-c2cc(C)ccc2C)CC[C@H](C)C4)cc1. The maximum absolute atomic E-state index is 14.0. The normalized spacial score (nSPS) is 15.0. The van der Waals surface area contributed by atoms with E-state index in [0.29, 0.717) is 22.3 Å². The lowest BCUT2D eigenvalue weighted by Crippen LogP contribution is -2.24. The molecule has 0 bridgehead atoms. The highest BCUT2D eigenvalue weighted by Crippen LogP contribution is 2.37. The van der Waals surface area contributed by atoms with Gasteiger partial charge in [-0.1, -0.05) is 30.8 Å². The molecule has 2 aromatic carbocycles. The Kier molecular flexibility index (Phi) is 7.05. The monoisotopic (exact) mass is 531 g/mol. The van der Waals surface area contributed by atoms with E-state index >= 15 is 0 Å². The van der Waals surface area contributed by atoms with Crippen LogP contribution in [0, 0.1) is 19.8 Å². The minimum atomic E-state index is -0.207. The highest BCUT2D eigenvalue weighted by atomic mass is 32.2. The maximum atomic E-state index is 14.0. The molecule has 0 fully saturated rings. The van der Waals surface area contributed by atoms with Gasteiger partial charge in [0.05, 0.1) is 16.8 Å². The molecule has 0 unspecified atom stereocenters. The number of aryl methyl sites for hydroxylation is 3. The van der Waals surface area contributed by atoms with Crippen LogP contribution < -0.4 is 10.9 Å². The number of anilines is 1. The van der Waals surface area contributed by atoms with Crippen LogP contribution >= 0.6 is 23.1 Å². The van der Waals surface area contributed by atoms with Crippen LogP contribution in [0.25, 0.3) is 15.9 Å². The summed E-state index contributed by atoms with van der Waals surface area (Å²) in [7, 11) is 0. The Morgan fingerprint density at radius 1 is 1.16 bits per heavy atom. The number of Topliss-reactive ketones (excluding diaryl/α,β-unsaturated/α-hetero) is 1. The molecule has 0 spiro atoms. The number of aromatic nitrogens is 2. The molecule has 190 valence electrons. The van der Waals surface area contributed by atoms with Crippen LogP contribution in [-0.2, 0) is 17.6 Å². The number of hydrogen-bond donors (Lipinski definition) is 1. The van der Waals surface area contributed by atoms with E-state index in [1.807, 2.05) is 32.0 Å². The standard InChI is InChI=1S/C29H29N3O3S2/c1-16-5-7-18(3)23(13-16)32-28(35)26-22-12-6-17(2)14-24(22)37-27(26)31-29(32)36-15-25(34)30-21-10-8-20(9-11-21)19(4)33/h5,7-11,13,17H,6,12,14-15H2,1-4H3,(H,30,34)/t17-/m0/s1. The number of amides is 1. The van der Waals surface area contributed by atoms with E-state index in [4.69, 9.17) is 4.98 Å². The molecular weight excluding hydrogens is 502 g/mol. The van der Waals surface area contributed by atoms with Gasteiger partial charge in [-0.3, -0.25) is 19.0 Å². The molecule has 4 aromatic rings. The first kappa shape index (κ1) is 25.4. The molecule has 6 nitrogen and oxygen atoms in total. The van der Waals surface area contributed by atoms with E-state index in [9.17, 15) is 14.4 Å². The Labute approximate surface area is 224 Å². The molecule has 2 heterocycles. The predicted molar refractivity (Wildman–Crippen MR) is 152 cm³/mol. The molecule has 1 N–H and O–H groups in total. The number of thioether (sulfide) groups is 1. The van der Waals surface area contributed by atoms with Crippen LogP contribution in [0.2, 0.25) is 0 Å². The summed E-state index contributed by atoms with van der Waals surface area (Å²) in [5, 5.41) is 4.11. The summed E-state index contributed by atoms with van der Waals surface area (Å²) < 4.78 is 1.69. The number of fused-ring (bicyclic) bond motifs is 3. The van der Waals surface area contributed by atoms with Gasteiger partial charge in [-0.05, 0) is 93.0 Å². The number of benzene rings is 2. The number of carbonyl (C=O) groups is 2. The van der Waals surface area contributed by atoms with E-state index < -0.39 is 0 Å². The molecule has 1 aliphatic rings. The van der Waals surface area contributed by atoms with Gasteiger partial charge in [-0.15, -0.1) is 11.3 Å². The Morgan fingerprint density at radius 3 is 2.65 bits per heavy atom. The van der Waals surface area contributed by atoms with E-state index in [1.165, 1.54) is 23.6 Å². The number of hydrogen-bond acceptors (Lipinski definition) is 6. The van der Waals surface area contributed by atoms with Gasteiger partial charge in [-0.25, -0.2) is 4.98 Å². The number of rotatable bonds is 6. The second-order valence-corrected chi connectivity index (χ2v) is 11.9. The Balaban J connectivity index is 1.51. The number of ketones is 1. The average Bonchev–Trinajstić information content (AvgIpc) is 3.22. The summed E-state index contributed by atoms with van der Waals surface area (Å²) in [6, 6.07) is 12.9. The van der Waals surface area contributed by atoms with Crippen LogP contribution in [-0.4, -0.2) is 27.0 Å². The molecule has 0 saturated carbocycles. The molecule has 8 heteroatoms. The van der Waals surface area contributed by atoms with Crippen molar-refractivity contribution in [1.82, 2.24) is 9.55 Å². The quantitative estimate of drug-likeness (QED) is 0.184. The zero-order valence-electron chi connectivity index (χ0n) is 21.4. The lowest BCUT2D eigenvalue weighted by atomic mass is 9.89. The topological polar surface area (TPSA) is 81.1 Å². The van der Waals surface area contributed by atoms with Crippen molar-refractivity contribution in [3.63, 3.8) is 0 Å².